The van der Waals surface area contributed by atoms with Crippen molar-refractivity contribution in [1.29, 1.82) is 0 Å². The van der Waals surface area contributed by atoms with Gasteiger partial charge in [-0.2, -0.15) is 0 Å². The van der Waals surface area contributed by atoms with Crippen LogP contribution in [0, 0.1) is 18.7 Å². The predicted octanol–water partition coefficient (Wildman–Crippen LogP) is 2.84. The van der Waals surface area contributed by atoms with Crippen molar-refractivity contribution >= 4 is 16.6 Å². The molecule has 1 aromatic heterocycles. The van der Waals surface area contributed by atoms with Gasteiger partial charge in [0.2, 0.25) is 0 Å². The Labute approximate surface area is 158 Å². The van der Waals surface area contributed by atoms with Gasteiger partial charge < -0.3 is 20.3 Å². The van der Waals surface area contributed by atoms with Crippen LogP contribution < -0.4 is 16.2 Å². The van der Waals surface area contributed by atoms with E-state index in [1.54, 1.807) is 6.07 Å². The number of rotatable bonds is 4. The molecule has 6 heteroatoms. The summed E-state index contributed by atoms with van der Waals surface area (Å²) >= 11 is 0. The number of aliphatic hydroxyl groups is 1. The largest absolute Gasteiger partial charge is 0.390 e. The standard InChI is InChI=1S/C21H28FN3O2/c1-12-19-16(13(10-23)8-18(26)25(19)15-4-5-15)9-17(22)20(12)24-7-6-14(11-24)21(2,3)27/h8-9,14-15,27H,4-7,10-11,23H2,1-3H3. The van der Waals surface area contributed by atoms with Crippen molar-refractivity contribution < 1.29 is 9.50 Å². The molecule has 0 bridgehead atoms. The van der Waals surface area contributed by atoms with Crippen molar-refractivity contribution in [2.75, 3.05) is 18.0 Å². The Morgan fingerprint density at radius 3 is 2.56 bits per heavy atom. The van der Waals surface area contributed by atoms with E-state index in [0.29, 0.717) is 24.3 Å². The topological polar surface area (TPSA) is 71.5 Å². The summed E-state index contributed by atoms with van der Waals surface area (Å²) in [5, 5.41) is 11.1. The van der Waals surface area contributed by atoms with Crippen molar-refractivity contribution in [1.82, 2.24) is 4.57 Å². The Hall–Kier alpha value is -1.92. The number of nitrogens with two attached hydrogens (primary N) is 1. The van der Waals surface area contributed by atoms with Crippen LogP contribution in [-0.4, -0.2) is 28.4 Å². The molecule has 1 aliphatic heterocycles. The van der Waals surface area contributed by atoms with Gasteiger partial charge in [-0.3, -0.25) is 4.79 Å². The zero-order valence-electron chi connectivity index (χ0n) is 16.3. The quantitative estimate of drug-likeness (QED) is 0.865. The maximum absolute atomic E-state index is 15.2. The fourth-order valence-corrected chi connectivity index (χ4v) is 4.51. The zero-order chi connectivity index (χ0) is 19.5. The fourth-order valence-electron chi connectivity index (χ4n) is 4.51. The van der Waals surface area contributed by atoms with E-state index in [1.807, 2.05) is 30.2 Å². The summed E-state index contributed by atoms with van der Waals surface area (Å²) in [6.45, 7) is 7.03. The van der Waals surface area contributed by atoms with Gasteiger partial charge in [-0.15, -0.1) is 0 Å². The first-order valence-electron chi connectivity index (χ1n) is 9.77. The number of benzene rings is 1. The van der Waals surface area contributed by atoms with E-state index in [-0.39, 0.29) is 29.9 Å². The normalized spacial score (nSPS) is 20.7. The molecule has 2 heterocycles. The Morgan fingerprint density at radius 2 is 2.00 bits per heavy atom. The number of pyridine rings is 1. The minimum Gasteiger partial charge on any atom is -0.390 e. The highest BCUT2D eigenvalue weighted by atomic mass is 19.1. The second-order valence-electron chi connectivity index (χ2n) is 8.63. The molecule has 0 amide bonds. The lowest BCUT2D eigenvalue weighted by atomic mass is 9.90. The Balaban J connectivity index is 1.91. The molecule has 3 N–H and O–H groups in total. The first kappa shape index (κ1) is 18.4. The van der Waals surface area contributed by atoms with Crippen molar-refractivity contribution in [2.24, 2.45) is 11.7 Å². The fraction of sp³-hybridized carbons (Fsp3) is 0.571. The monoisotopic (exact) mass is 373 g/mol. The van der Waals surface area contributed by atoms with Gasteiger partial charge in [-0.25, -0.2) is 4.39 Å². The maximum Gasteiger partial charge on any atom is 0.251 e. The van der Waals surface area contributed by atoms with Crippen molar-refractivity contribution in [3.63, 3.8) is 0 Å². The summed E-state index contributed by atoms with van der Waals surface area (Å²) in [5.74, 6) is -0.194. The highest BCUT2D eigenvalue weighted by Crippen LogP contribution is 2.41. The molecule has 0 spiro atoms. The minimum absolute atomic E-state index is 0.0538. The van der Waals surface area contributed by atoms with Crippen molar-refractivity contribution in [2.45, 2.75) is 58.2 Å². The molecule has 2 aromatic rings. The number of hydrogen-bond acceptors (Lipinski definition) is 4. The van der Waals surface area contributed by atoms with Crippen LogP contribution in [0.4, 0.5) is 10.1 Å². The predicted molar refractivity (Wildman–Crippen MR) is 106 cm³/mol. The average Bonchev–Trinajstić information content (AvgIpc) is 3.30. The summed E-state index contributed by atoms with van der Waals surface area (Å²) in [6.07, 6.45) is 2.78. The highest BCUT2D eigenvalue weighted by Gasteiger charge is 2.36. The van der Waals surface area contributed by atoms with Crippen LogP contribution in [-0.2, 0) is 6.54 Å². The summed E-state index contributed by atoms with van der Waals surface area (Å²) in [5.41, 5.74) is 7.85. The Kier molecular flexibility index (Phi) is 4.31. The Bertz CT molecular complexity index is 957. The summed E-state index contributed by atoms with van der Waals surface area (Å²) in [7, 11) is 0. The smallest absolute Gasteiger partial charge is 0.251 e. The molecule has 0 radical (unpaired) electrons. The molecular formula is C21H28FN3O2. The molecule has 146 valence electrons. The molecule has 1 saturated carbocycles. The van der Waals surface area contributed by atoms with Gasteiger partial charge in [0.1, 0.15) is 5.82 Å². The number of halogens is 1. The van der Waals surface area contributed by atoms with Gasteiger partial charge >= 0.3 is 0 Å². The van der Waals surface area contributed by atoms with E-state index in [9.17, 15) is 9.90 Å². The number of aromatic nitrogens is 1. The second kappa shape index (κ2) is 6.31. The number of anilines is 1. The molecule has 4 rings (SSSR count). The van der Waals surface area contributed by atoms with Gasteiger partial charge in [-0.05, 0) is 57.2 Å². The molecule has 1 saturated heterocycles. The molecular weight excluding hydrogens is 345 g/mol. The first-order chi connectivity index (χ1) is 12.7. The second-order valence-corrected chi connectivity index (χ2v) is 8.63. The first-order valence-corrected chi connectivity index (χ1v) is 9.77. The summed E-state index contributed by atoms with van der Waals surface area (Å²) in [4.78, 5) is 14.7. The van der Waals surface area contributed by atoms with E-state index >= 15 is 4.39 Å². The van der Waals surface area contributed by atoms with Crippen molar-refractivity contribution in [3.8, 4) is 0 Å². The number of fused-ring (bicyclic) bond motifs is 1. The molecule has 2 fully saturated rings. The number of nitrogens with zero attached hydrogens (tertiary/aromatic N) is 2. The maximum atomic E-state index is 15.2. The molecule has 2 aliphatic rings. The van der Waals surface area contributed by atoms with E-state index in [2.05, 4.69) is 0 Å². The van der Waals surface area contributed by atoms with Crippen LogP contribution in [0.25, 0.3) is 10.9 Å². The lowest BCUT2D eigenvalue weighted by Crippen LogP contribution is -2.33. The summed E-state index contributed by atoms with van der Waals surface area (Å²) < 4.78 is 17.0. The van der Waals surface area contributed by atoms with Gasteiger partial charge in [0.15, 0.2) is 0 Å². The zero-order valence-corrected chi connectivity index (χ0v) is 16.3. The number of hydrogen-bond donors (Lipinski definition) is 2. The van der Waals surface area contributed by atoms with Gasteiger partial charge in [-0.1, -0.05) is 0 Å². The van der Waals surface area contributed by atoms with E-state index < -0.39 is 5.60 Å². The van der Waals surface area contributed by atoms with Crippen LogP contribution in [0.1, 0.15) is 50.3 Å². The molecule has 1 unspecified atom stereocenters. The van der Waals surface area contributed by atoms with Crippen molar-refractivity contribution in [3.05, 3.63) is 39.4 Å². The molecule has 1 aliphatic carbocycles. The van der Waals surface area contributed by atoms with Crippen LogP contribution in [0.3, 0.4) is 0 Å². The molecule has 5 nitrogen and oxygen atoms in total. The number of aryl methyl sites for hydroxylation is 1. The van der Waals surface area contributed by atoms with Crippen LogP contribution in [0.2, 0.25) is 0 Å². The average molecular weight is 373 g/mol. The molecule has 27 heavy (non-hydrogen) atoms. The minimum atomic E-state index is -0.793. The van der Waals surface area contributed by atoms with Crippen LogP contribution >= 0.6 is 0 Å². The summed E-state index contributed by atoms with van der Waals surface area (Å²) in [6, 6.07) is 3.29. The van der Waals surface area contributed by atoms with Crippen LogP contribution in [0.5, 0.6) is 0 Å². The van der Waals surface area contributed by atoms with E-state index in [4.69, 9.17) is 5.73 Å². The third-order valence-corrected chi connectivity index (χ3v) is 6.22. The Morgan fingerprint density at radius 1 is 1.30 bits per heavy atom. The van der Waals surface area contributed by atoms with E-state index in [0.717, 1.165) is 35.7 Å². The van der Waals surface area contributed by atoms with Gasteiger partial charge in [0.25, 0.3) is 5.56 Å². The SMILES string of the molecule is Cc1c(N2CCC(C(C)(C)O)C2)c(F)cc2c(CN)cc(=O)n(C3CC3)c12. The highest BCUT2D eigenvalue weighted by molar-refractivity contribution is 5.90. The van der Waals surface area contributed by atoms with E-state index in [1.165, 1.54) is 6.07 Å². The third-order valence-electron chi connectivity index (χ3n) is 6.22. The van der Waals surface area contributed by atoms with Crippen LogP contribution in [0.15, 0.2) is 16.9 Å². The van der Waals surface area contributed by atoms with Gasteiger partial charge in [0.05, 0.1) is 16.8 Å². The molecule has 1 atom stereocenters. The lowest BCUT2D eigenvalue weighted by Gasteiger charge is -2.28. The third kappa shape index (κ3) is 3.05. The van der Waals surface area contributed by atoms with Gasteiger partial charge in [0, 0.05) is 43.0 Å². The molecule has 1 aromatic carbocycles. The lowest BCUT2D eigenvalue weighted by molar-refractivity contribution is 0.0263.